The van der Waals surface area contributed by atoms with Crippen LogP contribution < -0.4 is 5.32 Å². The number of hydrogen-bond donors (Lipinski definition) is 1. The molecule has 1 aromatic rings. The molecule has 120 valence electrons. The number of esters is 1. The molecule has 1 aromatic carbocycles. The summed E-state index contributed by atoms with van der Waals surface area (Å²) < 4.78 is 4.73. The van der Waals surface area contributed by atoms with Crippen LogP contribution in [0.15, 0.2) is 18.2 Å². The molecule has 1 amide bonds. The Morgan fingerprint density at radius 3 is 2.27 bits per heavy atom. The predicted octanol–water partition coefficient (Wildman–Crippen LogP) is 2.50. The molecule has 0 atom stereocenters. The Hall–Kier alpha value is -2.48. The zero-order valence-corrected chi connectivity index (χ0v) is 13.0. The SMILES string of the molecule is CC(=O)Cl.CCOC(=O)c1ccc(NC(C)=O)c([N+](=O)[O-])c1. The van der Waals surface area contributed by atoms with E-state index >= 15 is 0 Å². The molecule has 0 saturated heterocycles. The summed E-state index contributed by atoms with van der Waals surface area (Å²) in [4.78, 5) is 41.7. The van der Waals surface area contributed by atoms with Gasteiger partial charge in [-0.1, -0.05) is 0 Å². The molecule has 1 rings (SSSR count). The molecule has 22 heavy (non-hydrogen) atoms. The van der Waals surface area contributed by atoms with Crippen LogP contribution in [0.2, 0.25) is 0 Å². The molecule has 0 radical (unpaired) electrons. The molecule has 0 spiro atoms. The Labute approximate surface area is 131 Å². The van der Waals surface area contributed by atoms with Crippen molar-refractivity contribution in [2.45, 2.75) is 20.8 Å². The quantitative estimate of drug-likeness (QED) is 0.392. The summed E-state index contributed by atoms with van der Waals surface area (Å²) in [6.07, 6.45) is 0. The number of anilines is 1. The summed E-state index contributed by atoms with van der Waals surface area (Å²) in [7, 11) is 0. The van der Waals surface area contributed by atoms with Gasteiger partial charge in [-0.05, 0) is 30.7 Å². The highest BCUT2D eigenvalue weighted by molar-refractivity contribution is 6.62. The van der Waals surface area contributed by atoms with Gasteiger partial charge in [0.2, 0.25) is 11.1 Å². The molecule has 8 nitrogen and oxygen atoms in total. The number of ether oxygens (including phenoxy) is 1. The third-order valence-electron chi connectivity index (χ3n) is 2.02. The van der Waals surface area contributed by atoms with Gasteiger partial charge in [0.15, 0.2) is 0 Å². The van der Waals surface area contributed by atoms with E-state index in [9.17, 15) is 24.5 Å². The fourth-order valence-corrected chi connectivity index (χ4v) is 1.32. The Morgan fingerprint density at radius 1 is 1.32 bits per heavy atom. The molecule has 9 heteroatoms. The summed E-state index contributed by atoms with van der Waals surface area (Å²) in [6, 6.07) is 3.73. The van der Waals surface area contributed by atoms with Crippen molar-refractivity contribution in [3.63, 3.8) is 0 Å². The van der Waals surface area contributed by atoms with E-state index in [2.05, 4.69) is 16.9 Å². The summed E-state index contributed by atoms with van der Waals surface area (Å²) in [5, 5.41) is 12.8. The second-order valence-electron chi connectivity index (χ2n) is 3.86. The second-order valence-corrected chi connectivity index (χ2v) is 4.39. The first-order valence-electron chi connectivity index (χ1n) is 6.08. The van der Waals surface area contributed by atoms with Gasteiger partial charge in [0.25, 0.3) is 5.69 Å². The number of amides is 1. The van der Waals surface area contributed by atoms with Crippen LogP contribution in [0.25, 0.3) is 0 Å². The third-order valence-corrected chi connectivity index (χ3v) is 2.02. The highest BCUT2D eigenvalue weighted by Gasteiger charge is 2.18. The van der Waals surface area contributed by atoms with Gasteiger partial charge in [0, 0.05) is 19.9 Å². The Morgan fingerprint density at radius 2 is 1.86 bits per heavy atom. The van der Waals surface area contributed by atoms with Crippen molar-refractivity contribution in [1.82, 2.24) is 0 Å². The number of nitro groups is 1. The van der Waals surface area contributed by atoms with Crippen molar-refractivity contribution >= 4 is 40.1 Å². The van der Waals surface area contributed by atoms with Crippen LogP contribution in [0.5, 0.6) is 0 Å². The first kappa shape index (κ1) is 19.5. The number of carbonyl (C=O) groups excluding carboxylic acids is 3. The minimum Gasteiger partial charge on any atom is -0.462 e. The number of nitrogens with zero attached hydrogens (tertiary/aromatic N) is 1. The number of benzene rings is 1. The van der Waals surface area contributed by atoms with Gasteiger partial charge >= 0.3 is 5.97 Å². The maximum Gasteiger partial charge on any atom is 0.338 e. The minimum atomic E-state index is -0.673. The van der Waals surface area contributed by atoms with Gasteiger partial charge in [-0.25, -0.2) is 4.79 Å². The summed E-state index contributed by atoms with van der Waals surface area (Å²) in [5.74, 6) is -1.07. The molecule has 0 unspecified atom stereocenters. The lowest BCUT2D eigenvalue weighted by atomic mass is 10.1. The average molecular weight is 331 g/mol. The van der Waals surface area contributed by atoms with Crippen LogP contribution in [-0.4, -0.2) is 28.6 Å². The number of rotatable bonds is 4. The van der Waals surface area contributed by atoms with E-state index in [0.29, 0.717) is 0 Å². The summed E-state index contributed by atoms with van der Waals surface area (Å²) in [5.41, 5.74) is -0.242. The largest absolute Gasteiger partial charge is 0.462 e. The van der Waals surface area contributed by atoms with Crippen molar-refractivity contribution in [1.29, 1.82) is 0 Å². The smallest absolute Gasteiger partial charge is 0.338 e. The van der Waals surface area contributed by atoms with Crippen LogP contribution >= 0.6 is 11.6 Å². The summed E-state index contributed by atoms with van der Waals surface area (Å²) >= 11 is 4.64. The van der Waals surface area contributed by atoms with Gasteiger partial charge in [0.1, 0.15) is 5.69 Å². The van der Waals surface area contributed by atoms with Crippen molar-refractivity contribution < 1.29 is 24.0 Å². The molecular formula is C13H15ClN2O6. The standard InChI is InChI=1S/C11H12N2O5.C2H3ClO/c1-3-18-11(15)8-4-5-9(12-7(2)14)10(6-8)13(16)17;1-2(3)4/h4-6H,3H2,1-2H3,(H,12,14);1H3. The minimum absolute atomic E-state index is 0.0422. The highest BCUT2D eigenvalue weighted by Crippen LogP contribution is 2.25. The van der Waals surface area contributed by atoms with E-state index in [1.54, 1.807) is 6.92 Å². The molecule has 0 aliphatic carbocycles. The molecule has 0 saturated carbocycles. The number of nitro benzene ring substituents is 1. The van der Waals surface area contributed by atoms with E-state index in [4.69, 9.17) is 4.74 Å². The first-order chi connectivity index (χ1) is 10.2. The van der Waals surface area contributed by atoms with Gasteiger partial charge in [0.05, 0.1) is 17.1 Å². The van der Waals surface area contributed by atoms with Crippen LogP contribution in [-0.2, 0) is 14.3 Å². The van der Waals surface area contributed by atoms with Crippen molar-refractivity contribution in [3.05, 3.63) is 33.9 Å². The lowest BCUT2D eigenvalue weighted by Gasteiger charge is -2.05. The second kappa shape index (κ2) is 9.46. The number of nitrogens with one attached hydrogen (secondary N) is 1. The van der Waals surface area contributed by atoms with E-state index in [0.717, 1.165) is 6.07 Å². The van der Waals surface area contributed by atoms with Crippen LogP contribution in [0.4, 0.5) is 11.4 Å². The molecule has 0 bridgehead atoms. The molecular weight excluding hydrogens is 316 g/mol. The van der Waals surface area contributed by atoms with Crippen LogP contribution in [0.3, 0.4) is 0 Å². The van der Waals surface area contributed by atoms with Gasteiger partial charge in [-0.2, -0.15) is 0 Å². The zero-order valence-electron chi connectivity index (χ0n) is 12.2. The third kappa shape index (κ3) is 7.34. The monoisotopic (exact) mass is 330 g/mol. The summed E-state index contributed by atoms with van der Waals surface area (Å²) in [6.45, 7) is 4.35. The van der Waals surface area contributed by atoms with Gasteiger partial charge in [-0.3, -0.25) is 19.7 Å². The van der Waals surface area contributed by atoms with Crippen molar-refractivity contribution in [2.24, 2.45) is 0 Å². The molecule has 0 aliphatic rings. The van der Waals surface area contributed by atoms with E-state index in [1.165, 1.54) is 26.0 Å². The first-order valence-corrected chi connectivity index (χ1v) is 6.46. The molecule has 0 aromatic heterocycles. The average Bonchev–Trinajstić information content (AvgIpc) is 2.37. The topological polar surface area (TPSA) is 116 Å². The van der Waals surface area contributed by atoms with Crippen LogP contribution in [0.1, 0.15) is 31.1 Å². The molecule has 0 aliphatic heterocycles. The van der Waals surface area contributed by atoms with Gasteiger partial charge in [-0.15, -0.1) is 0 Å². The highest BCUT2D eigenvalue weighted by atomic mass is 35.5. The number of halogens is 1. The fraction of sp³-hybridized carbons (Fsp3) is 0.308. The normalized spacial score (nSPS) is 9.09. The predicted molar refractivity (Wildman–Crippen MR) is 79.9 cm³/mol. The van der Waals surface area contributed by atoms with E-state index < -0.39 is 16.8 Å². The zero-order chi connectivity index (χ0) is 17.3. The molecule has 1 N–H and O–H groups in total. The van der Waals surface area contributed by atoms with E-state index in [-0.39, 0.29) is 28.8 Å². The lowest BCUT2D eigenvalue weighted by Crippen LogP contribution is -2.10. The van der Waals surface area contributed by atoms with E-state index in [1.807, 2.05) is 0 Å². The number of carbonyl (C=O) groups is 3. The van der Waals surface area contributed by atoms with Crippen molar-refractivity contribution in [3.8, 4) is 0 Å². The fourth-order valence-electron chi connectivity index (χ4n) is 1.32. The van der Waals surface area contributed by atoms with Crippen molar-refractivity contribution in [2.75, 3.05) is 11.9 Å². The Balaban J connectivity index is 0.000000980. The Bertz CT molecular complexity index is 584. The maximum absolute atomic E-state index is 11.4. The maximum atomic E-state index is 11.4. The molecule has 0 heterocycles. The lowest BCUT2D eigenvalue weighted by molar-refractivity contribution is -0.384. The van der Waals surface area contributed by atoms with Gasteiger partial charge < -0.3 is 10.1 Å². The Kier molecular flexibility index (Phi) is 8.39. The number of hydrogen-bond acceptors (Lipinski definition) is 6. The van der Waals surface area contributed by atoms with Crippen LogP contribution in [0, 0.1) is 10.1 Å². The molecule has 0 fully saturated rings.